The summed E-state index contributed by atoms with van der Waals surface area (Å²) in [4.78, 5) is 9.72. The number of furan rings is 1. The summed E-state index contributed by atoms with van der Waals surface area (Å²) in [6.45, 7) is 28.3. The van der Waals surface area contributed by atoms with Gasteiger partial charge in [-0.25, -0.2) is 0 Å². The summed E-state index contributed by atoms with van der Waals surface area (Å²) in [5, 5.41) is 4.92. The molecule has 0 aliphatic heterocycles. The molecule has 0 unspecified atom stereocenters. The highest BCUT2D eigenvalue weighted by atomic mass is 28.3. The molecule has 2 aromatic heterocycles. The molecule has 74 heavy (non-hydrogen) atoms. The van der Waals surface area contributed by atoms with Crippen molar-refractivity contribution in [2.24, 2.45) is 0 Å². The van der Waals surface area contributed by atoms with Gasteiger partial charge < -0.3 is 14.2 Å². The molecule has 0 radical (unpaired) electrons. The van der Waals surface area contributed by atoms with E-state index in [0.29, 0.717) is 0 Å². The molecule has 0 saturated carbocycles. The van der Waals surface area contributed by atoms with Crippen molar-refractivity contribution in [3.63, 3.8) is 0 Å². The van der Waals surface area contributed by atoms with Gasteiger partial charge in [-0.05, 0) is 134 Å². The van der Waals surface area contributed by atoms with Crippen LogP contribution in [0, 0.1) is 0 Å². The Labute approximate surface area is 440 Å². The molecule has 6 heteroatoms. The van der Waals surface area contributed by atoms with Crippen molar-refractivity contribution < 1.29 is 4.42 Å². The summed E-state index contributed by atoms with van der Waals surface area (Å²) < 4.78 is 7.35. The van der Waals surface area contributed by atoms with Crippen LogP contribution in [0.3, 0.4) is 0 Å². The van der Waals surface area contributed by atoms with E-state index in [4.69, 9.17) is 9.40 Å². The lowest BCUT2D eigenvalue weighted by molar-refractivity contribution is 0.590. The number of hydrogen-bond donors (Lipinski definition) is 0. The number of pyridine rings is 1. The van der Waals surface area contributed by atoms with Crippen molar-refractivity contribution in [1.82, 2.24) is 4.98 Å². The average molecular weight is 998 g/mol. The van der Waals surface area contributed by atoms with E-state index in [0.717, 1.165) is 61.6 Å². The summed E-state index contributed by atoms with van der Waals surface area (Å²) >= 11 is 0. The van der Waals surface area contributed by atoms with Gasteiger partial charge in [0.15, 0.2) is 0 Å². The van der Waals surface area contributed by atoms with Crippen molar-refractivity contribution in [3.8, 4) is 22.3 Å². The highest BCUT2D eigenvalue weighted by Gasteiger charge is 2.53. The summed E-state index contributed by atoms with van der Waals surface area (Å²) in [7, 11) is -3.17. The molecule has 2 aliphatic carbocycles. The third kappa shape index (κ3) is 7.54. The first-order valence-electron chi connectivity index (χ1n) is 26.4. The van der Waals surface area contributed by atoms with Gasteiger partial charge in [0, 0.05) is 51.8 Å². The van der Waals surface area contributed by atoms with Crippen LogP contribution in [0.5, 0.6) is 0 Å². The second kappa shape index (κ2) is 16.9. The Hall–Kier alpha value is -7.26. The van der Waals surface area contributed by atoms with Gasteiger partial charge in [-0.15, -0.1) is 0 Å². The zero-order valence-electron chi connectivity index (χ0n) is 45.1. The SMILES string of the molecule is CC(C)(C)c1ccc(N(c2ccc([Si](C)(C)C)cc2)c2ccc3c(c2)C2(c4ccccc4-c4ccccc42)c2cc(N(c4ccc(C(C)(C)C)cc4)c4ccc([Si](C)(C)C)cc4)c4c(oc5ccncc54)c2-3)cc1. The number of rotatable bonds is 8. The number of nitrogens with zero attached hydrogens (tertiary/aromatic N) is 3. The fraction of sp³-hybridized carbons (Fsp3) is 0.221. The molecule has 0 fully saturated rings. The van der Waals surface area contributed by atoms with E-state index in [1.807, 2.05) is 18.5 Å². The molecule has 1 spiro atoms. The van der Waals surface area contributed by atoms with Crippen LogP contribution in [0.2, 0.25) is 39.3 Å². The summed E-state index contributed by atoms with van der Waals surface area (Å²) in [6, 6.07) is 67.3. The average Bonchev–Trinajstić information content (AvgIpc) is 4.03. The van der Waals surface area contributed by atoms with Gasteiger partial charge >= 0.3 is 0 Å². The molecule has 0 amide bonds. The van der Waals surface area contributed by atoms with Crippen molar-refractivity contribution in [1.29, 1.82) is 0 Å². The number of benzene rings is 8. The Morgan fingerprint density at radius 3 is 1.39 bits per heavy atom. The number of hydrogen-bond acceptors (Lipinski definition) is 4. The smallest absolute Gasteiger partial charge is 0.145 e. The first-order valence-corrected chi connectivity index (χ1v) is 33.4. The van der Waals surface area contributed by atoms with E-state index in [2.05, 4.69) is 260 Å². The van der Waals surface area contributed by atoms with Crippen LogP contribution in [0.15, 0.2) is 193 Å². The second-order valence-corrected chi connectivity index (χ2v) is 35.1. The predicted molar refractivity (Wildman–Crippen MR) is 321 cm³/mol. The van der Waals surface area contributed by atoms with Crippen molar-refractivity contribution in [3.05, 3.63) is 222 Å². The van der Waals surface area contributed by atoms with Crippen molar-refractivity contribution in [2.45, 2.75) is 97.1 Å². The predicted octanol–water partition coefficient (Wildman–Crippen LogP) is 17.9. The highest BCUT2D eigenvalue weighted by Crippen LogP contribution is 2.66. The lowest BCUT2D eigenvalue weighted by atomic mass is 9.70. The van der Waals surface area contributed by atoms with E-state index in [1.54, 1.807) is 0 Å². The van der Waals surface area contributed by atoms with Crippen molar-refractivity contribution >= 4 is 82.6 Å². The molecule has 0 bridgehead atoms. The molecule has 2 heterocycles. The quantitative estimate of drug-likeness (QED) is 0.142. The van der Waals surface area contributed by atoms with Crippen LogP contribution in [0.25, 0.3) is 44.2 Å². The maximum absolute atomic E-state index is 7.35. The largest absolute Gasteiger partial charge is 0.455 e. The van der Waals surface area contributed by atoms with E-state index in [-0.39, 0.29) is 10.8 Å². The van der Waals surface area contributed by atoms with Crippen LogP contribution in [0.1, 0.15) is 74.9 Å². The summed E-state index contributed by atoms with van der Waals surface area (Å²) in [5.74, 6) is 0. The number of aromatic nitrogens is 1. The minimum atomic E-state index is -1.61. The minimum absolute atomic E-state index is 0.00123. The fourth-order valence-corrected chi connectivity index (χ4v) is 14.3. The van der Waals surface area contributed by atoms with Gasteiger partial charge in [-0.2, -0.15) is 0 Å². The lowest BCUT2D eigenvalue weighted by Gasteiger charge is -2.34. The monoisotopic (exact) mass is 997 g/mol. The van der Waals surface area contributed by atoms with E-state index in [9.17, 15) is 0 Å². The van der Waals surface area contributed by atoms with Crippen molar-refractivity contribution in [2.75, 3.05) is 9.80 Å². The Morgan fingerprint density at radius 1 is 0.446 bits per heavy atom. The van der Waals surface area contributed by atoms with Gasteiger partial charge in [0.2, 0.25) is 0 Å². The summed E-state index contributed by atoms with van der Waals surface area (Å²) in [6.07, 6.45) is 3.85. The summed E-state index contributed by atoms with van der Waals surface area (Å²) in [5.41, 5.74) is 20.1. The molecule has 0 atom stereocenters. The molecule has 368 valence electrons. The standard InChI is InChI=1S/C68H67N3OSi2/c1-66(2,3)44-21-25-46(26-22-44)70(47-29-34-51(35-30-47)73(7,8)9)50-33-38-55-59(41-50)68(57-19-15-13-17-53(57)54-18-14-16-20-58(54)68)60-42-61(64-56-43-69-40-39-62(56)72-65(64)63(55)60)71(48-27-23-45(24-28-48)67(4,5)6)49-31-36-52(37-32-49)74(10,11)12/h13-43H,1-12H3. The fourth-order valence-electron chi connectivity index (χ4n) is 12.0. The maximum Gasteiger partial charge on any atom is 0.145 e. The number of fused-ring (bicyclic) bond motifs is 14. The molecular formula is C68H67N3OSi2. The minimum Gasteiger partial charge on any atom is -0.455 e. The molecule has 0 N–H and O–H groups in total. The highest BCUT2D eigenvalue weighted by molar-refractivity contribution is 6.89. The third-order valence-electron chi connectivity index (χ3n) is 16.0. The van der Waals surface area contributed by atoms with Gasteiger partial charge in [-0.1, -0.05) is 194 Å². The topological polar surface area (TPSA) is 32.5 Å². The van der Waals surface area contributed by atoms with Crippen LogP contribution in [-0.4, -0.2) is 21.1 Å². The Morgan fingerprint density at radius 2 is 0.905 bits per heavy atom. The Bertz CT molecular complexity index is 3640. The van der Waals surface area contributed by atoms with Crippen LogP contribution < -0.4 is 20.2 Å². The normalized spacial score (nSPS) is 13.8. The zero-order chi connectivity index (χ0) is 51.7. The molecule has 8 aromatic carbocycles. The maximum atomic E-state index is 7.35. The zero-order valence-corrected chi connectivity index (χ0v) is 47.1. The van der Waals surface area contributed by atoms with E-state index >= 15 is 0 Å². The van der Waals surface area contributed by atoms with E-state index in [1.165, 1.54) is 60.4 Å². The molecule has 2 aliphatic rings. The third-order valence-corrected chi connectivity index (χ3v) is 20.2. The Kier molecular flexibility index (Phi) is 10.9. The molecule has 10 aromatic rings. The number of anilines is 6. The van der Waals surface area contributed by atoms with Gasteiger partial charge in [-0.3, -0.25) is 4.98 Å². The van der Waals surface area contributed by atoms with E-state index < -0.39 is 21.6 Å². The Balaban J connectivity index is 1.18. The molecule has 4 nitrogen and oxygen atoms in total. The molecule has 0 saturated heterocycles. The van der Waals surface area contributed by atoms with Crippen LogP contribution in [-0.2, 0) is 16.2 Å². The van der Waals surface area contributed by atoms with Crippen LogP contribution in [0.4, 0.5) is 34.1 Å². The second-order valence-electron chi connectivity index (χ2n) is 24.9. The van der Waals surface area contributed by atoms with Gasteiger partial charge in [0.25, 0.3) is 0 Å². The van der Waals surface area contributed by atoms with Gasteiger partial charge in [0.1, 0.15) is 11.2 Å². The molecular weight excluding hydrogens is 931 g/mol. The molecule has 12 rings (SSSR count). The first-order chi connectivity index (χ1) is 35.2. The first kappa shape index (κ1) is 47.7. The van der Waals surface area contributed by atoms with Crippen LogP contribution >= 0.6 is 0 Å². The lowest BCUT2D eigenvalue weighted by Crippen LogP contribution is -2.37. The van der Waals surface area contributed by atoms with Gasteiger partial charge in [0.05, 0.1) is 32.6 Å².